The van der Waals surface area contributed by atoms with Gasteiger partial charge in [-0.05, 0) is 35.3 Å². The quantitative estimate of drug-likeness (QED) is 0.878. The van der Waals surface area contributed by atoms with Crippen LogP contribution in [0, 0.1) is 0 Å². The van der Waals surface area contributed by atoms with Crippen LogP contribution in [0.4, 0.5) is 0 Å². The summed E-state index contributed by atoms with van der Waals surface area (Å²) in [6.07, 6.45) is 1.25. The molecule has 118 valence electrons. The van der Waals surface area contributed by atoms with Crippen LogP contribution in [0.5, 0.6) is 0 Å². The fourth-order valence-corrected chi connectivity index (χ4v) is 5.21. The minimum absolute atomic E-state index is 0.152. The Bertz CT molecular complexity index is 462. The highest BCUT2D eigenvalue weighted by molar-refractivity contribution is 9.10. The lowest BCUT2D eigenvalue weighted by Gasteiger charge is -2.34. The molecule has 2 aliphatic heterocycles. The summed E-state index contributed by atoms with van der Waals surface area (Å²) < 4.78 is 6.63. The second kappa shape index (κ2) is 7.06. The maximum Gasteiger partial charge on any atom is 0.0594 e. The number of halogens is 1. The third-order valence-corrected chi connectivity index (χ3v) is 6.29. The van der Waals surface area contributed by atoms with Gasteiger partial charge < -0.3 is 10.5 Å². The molecule has 2 fully saturated rings. The number of hydrogen-bond donors (Lipinski definition) is 1. The van der Waals surface area contributed by atoms with Crippen LogP contribution in [0.15, 0.2) is 15.9 Å². The van der Waals surface area contributed by atoms with Gasteiger partial charge in [-0.15, -0.1) is 11.3 Å². The molecule has 0 radical (unpaired) electrons. The highest BCUT2D eigenvalue weighted by atomic mass is 79.9. The second-order valence-corrected chi connectivity index (χ2v) is 7.92. The number of hydrogen-bond acceptors (Lipinski definition) is 5. The number of nitrogens with two attached hydrogens (primary N) is 1. The third-order valence-electron chi connectivity index (χ3n) is 4.53. The van der Waals surface area contributed by atoms with E-state index in [0.29, 0.717) is 12.1 Å². The van der Waals surface area contributed by atoms with Gasteiger partial charge in [-0.2, -0.15) is 0 Å². The van der Waals surface area contributed by atoms with Gasteiger partial charge in [-0.1, -0.05) is 0 Å². The molecule has 0 aliphatic carbocycles. The van der Waals surface area contributed by atoms with E-state index in [4.69, 9.17) is 10.5 Å². The van der Waals surface area contributed by atoms with Gasteiger partial charge in [0.15, 0.2) is 0 Å². The van der Waals surface area contributed by atoms with Gasteiger partial charge in [-0.3, -0.25) is 9.80 Å². The number of thiophene rings is 1. The van der Waals surface area contributed by atoms with Crippen molar-refractivity contribution in [3.8, 4) is 0 Å². The first-order chi connectivity index (χ1) is 10.1. The Kier molecular flexibility index (Phi) is 5.35. The predicted octanol–water partition coefficient (Wildman–Crippen LogP) is 2.31. The topological polar surface area (TPSA) is 41.7 Å². The molecule has 3 atom stereocenters. The Morgan fingerprint density at radius 1 is 1.38 bits per heavy atom. The molecule has 3 heterocycles. The van der Waals surface area contributed by atoms with E-state index in [1.165, 1.54) is 11.3 Å². The molecule has 0 spiro atoms. The summed E-state index contributed by atoms with van der Waals surface area (Å²) in [6.45, 7) is 8.31. The minimum Gasteiger partial charge on any atom is -0.379 e. The normalized spacial score (nSPS) is 27.9. The van der Waals surface area contributed by atoms with Gasteiger partial charge in [0.1, 0.15) is 0 Å². The van der Waals surface area contributed by atoms with Crippen LogP contribution in [0.3, 0.4) is 0 Å². The molecule has 3 rings (SSSR count). The molecule has 2 N–H and O–H groups in total. The van der Waals surface area contributed by atoms with E-state index in [1.807, 2.05) is 11.3 Å². The lowest BCUT2D eigenvalue weighted by atomic mass is 10.1. The fraction of sp³-hybridized carbons (Fsp3) is 0.733. The van der Waals surface area contributed by atoms with Crippen LogP contribution >= 0.6 is 27.3 Å². The molecule has 0 saturated carbocycles. The number of morpholine rings is 1. The summed E-state index contributed by atoms with van der Waals surface area (Å²) in [6, 6.07) is 3.38. The molecule has 4 nitrogen and oxygen atoms in total. The maximum absolute atomic E-state index is 6.30. The van der Waals surface area contributed by atoms with Crippen molar-refractivity contribution in [3.05, 3.63) is 20.8 Å². The Hall–Kier alpha value is 0.0200. The number of ether oxygens (including phenoxy) is 1. The average molecular weight is 374 g/mol. The molecular weight excluding hydrogens is 350 g/mol. The molecule has 21 heavy (non-hydrogen) atoms. The van der Waals surface area contributed by atoms with Crippen molar-refractivity contribution in [2.24, 2.45) is 5.73 Å². The molecular formula is C15H24BrN3OS. The van der Waals surface area contributed by atoms with Crippen molar-refractivity contribution in [1.82, 2.24) is 9.80 Å². The van der Waals surface area contributed by atoms with E-state index in [2.05, 4.69) is 44.1 Å². The highest BCUT2D eigenvalue weighted by Crippen LogP contribution is 2.34. The van der Waals surface area contributed by atoms with Crippen molar-refractivity contribution in [1.29, 1.82) is 0 Å². The van der Waals surface area contributed by atoms with Crippen molar-refractivity contribution < 1.29 is 4.74 Å². The van der Waals surface area contributed by atoms with E-state index in [0.717, 1.165) is 43.9 Å². The molecule has 2 saturated heterocycles. The van der Waals surface area contributed by atoms with Crippen molar-refractivity contribution in [2.45, 2.75) is 31.5 Å². The smallest absolute Gasteiger partial charge is 0.0594 e. The van der Waals surface area contributed by atoms with Gasteiger partial charge >= 0.3 is 0 Å². The van der Waals surface area contributed by atoms with Gasteiger partial charge in [-0.25, -0.2) is 0 Å². The van der Waals surface area contributed by atoms with Crippen molar-refractivity contribution in [2.75, 3.05) is 39.4 Å². The SMILES string of the molecule is CC(N)C(c1cc(Br)cs1)N1CCC(N2CCOCC2)C1. The van der Waals surface area contributed by atoms with Gasteiger partial charge in [0.05, 0.1) is 19.3 Å². The Morgan fingerprint density at radius 2 is 2.14 bits per heavy atom. The van der Waals surface area contributed by atoms with Crippen molar-refractivity contribution >= 4 is 27.3 Å². The van der Waals surface area contributed by atoms with Gasteiger partial charge in [0, 0.05) is 53.0 Å². The monoisotopic (exact) mass is 373 g/mol. The lowest BCUT2D eigenvalue weighted by Crippen LogP contribution is -2.46. The van der Waals surface area contributed by atoms with Gasteiger partial charge in [0.2, 0.25) is 0 Å². The van der Waals surface area contributed by atoms with Crippen LogP contribution in [0.2, 0.25) is 0 Å². The van der Waals surface area contributed by atoms with Crippen LogP contribution in [-0.4, -0.2) is 61.3 Å². The summed E-state index contributed by atoms with van der Waals surface area (Å²) in [5, 5.41) is 2.15. The van der Waals surface area contributed by atoms with E-state index in [9.17, 15) is 0 Å². The fourth-order valence-electron chi connectivity index (χ4n) is 3.52. The lowest BCUT2D eigenvalue weighted by molar-refractivity contribution is 0.0173. The maximum atomic E-state index is 6.30. The van der Waals surface area contributed by atoms with Crippen LogP contribution in [-0.2, 0) is 4.74 Å². The first-order valence-corrected chi connectivity index (χ1v) is 9.38. The molecule has 6 heteroatoms. The third kappa shape index (κ3) is 3.68. The summed E-state index contributed by atoms with van der Waals surface area (Å²) in [5.74, 6) is 0. The molecule has 1 aromatic rings. The number of nitrogens with zero attached hydrogens (tertiary/aromatic N) is 2. The predicted molar refractivity (Wildman–Crippen MR) is 90.8 cm³/mol. The van der Waals surface area contributed by atoms with Crippen molar-refractivity contribution in [3.63, 3.8) is 0 Å². The number of likely N-dealkylation sites (tertiary alicyclic amines) is 1. The summed E-state index contributed by atoms with van der Waals surface area (Å²) >= 11 is 5.37. The molecule has 1 aromatic heterocycles. The Morgan fingerprint density at radius 3 is 2.76 bits per heavy atom. The zero-order valence-electron chi connectivity index (χ0n) is 12.5. The summed E-state index contributed by atoms with van der Waals surface area (Å²) in [4.78, 5) is 6.54. The molecule has 0 amide bonds. The molecule has 3 unspecified atom stereocenters. The molecule has 0 bridgehead atoms. The number of rotatable bonds is 4. The largest absolute Gasteiger partial charge is 0.379 e. The molecule has 2 aliphatic rings. The van der Waals surface area contributed by atoms with E-state index in [-0.39, 0.29) is 6.04 Å². The summed E-state index contributed by atoms with van der Waals surface area (Å²) in [7, 11) is 0. The van der Waals surface area contributed by atoms with Crippen LogP contribution in [0.25, 0.3) is 0 Å². The first-order valence-electron chi connectivity index (χ1n) is 7.70. The van der Waals surface area contributed by atoms with Gasteiger partial charge in [0.25, 0.3) is 0 Å². The van der Waals surface area contributed by atoms with E-state index in [1.54, 1.807) is 0 Å². The highest BCUT2D eigenvalue weighted by Gasteiger charge is 2.34. The Labute approximate surface area is 139 Å². The Balaban J connectivity index is 1.67. The van der Waals surface area contributed by atoms with E-state index < -0.39 is 0 Å². The zero-order valence-corrected chi connectivity index (χ0v) is 14.9. The van der Waals surface area contributed by atoms with Crippen LogP contribution < -0.4 is 5.73 Å². The first kappa shape index (κ1) is 15.9. The second-order valence-electron chi connectivity index (χ2n) is 6.06. The van der Waals surface area contributed by atoms with Crippen LogP contribution in [0.1, 0.15) is 24.3 Å². The minimum atomic E-state index is 0.152. The zero-order chi connectivity index (χ0) is 14.8. The summed E-state index contributed by atoms with van der Waals surface area (Å²) in [5.41, 5.74) is 6.30. The standard InChI is InChI=1S/C15H24BrN3OS/c1-11(17)15(14-8-12(16)10-21-14)19-3-2-13(9-19)18-4-6-20-7-5-18/h8,10-11,13,15H,2-7,9,17H2,1H3. The van der Waals surface area contributed by atoms with E-state index >= 15 is 0 Å². The average Bonchev–Trinajstić information content (AvgIpc) is 3.10. The molecule has 0 aromatic carbocycles.